The Labute approximate surface area is 180 Å². The number of ether oxygens (including phenoxy) is 1. The number of hydroxylamine groups is 2. The predicted octanol–water partition coefficient (Wildman–Crippen LogP) is 3.89. The fourth-order valence-corrected chi connectivity index (χ4v) is 2.43. The summed E-state index contributed by atoms with van der Waals surface area (Å²) < 4.78 is 21.4. The lowest BCUT2D eigenvalue weighted by atomic mass is 10.0. The first-order valence-corrected chi connectivity index (χ1v) is 9.43. The average molecular weight is 408 g/mol. The van der Waals surface area contributed by atoms with E-state index in [1.165, 1.54) is 7.11 Å². The highest BCUT2D eigenvalue weighted by Gasteiger charge is 2.28. The van der Waals surface area contributed by atoms with E-state index >= 15 is 0 Å². The van der Waals surface area contributed by atoms with Gasteiger partial charge in [-0.15, -0.1) is 0 Å². The molecule has 0 aliphatic carbocycles. The monoisotopic (exact) mass is 408 g/mol. The van der Waals surface area contributed by atoms with Crippen molar-refractivity contribution in [2.24, 2.45) is 5.92 Å². The second-order valence-corrected chi connectivity index (χ2v) is 6.60. The fourth-order valence-electron chi connectivity index (χ4n) is 2.43. The molecule has 2 aromatic rings. The van der Waals surface area contributed by atoms with Crippen molar-refractivity contribution in [1.29, 1.82) is 0 Å². The van der Waals surface area contributed by atoms with Gasteiger partial charge in [-0.3, -0.25) is 9.63 Å². The number of benzene rings is 2. The fraction of sp³-hybridized carbons (Fsp3) is 0.250. The molecule has 0 unspecified atom stereocenters. The molecule has 1 atom stereocenters. The largest absolute Gasteiger partial charge is 0.445 e. The molecule has 0 aliphatic rings. The van der Waals surface area contributed by atoms with Crippen LogP contribution in [0.4, 0.5) is 4.79 Å². The minimum atomic E-state index is -1.03. The molecule has 2 rings (SSSR count). The summed E-state index contributed by atoms with van der Waals surface area (Å²) >= 11 is 0. The number of carbonyl (C=O) groups excluding carboxylic acids is 2. The molecular weight excluding hydrogens is 380 g/mol. The van der Waals surface area contributed by atoms with Crippen LogP contribution in [0.1, 0.15) is 27.7 Å². The number of nitrogens with one attached hydrogen (secondary N) is 1. The van der Waals surface area contributed by atoms with E-state index in [4.69, 9.17) is 12.3 Å². The highest BCUT2D eigenvalue weighted by Crippen LogP contribution is 2.09. The van der Waals surface area contributed by atoms with Crippen LogP contribution in [-0.4, -0.2) is 30.2 Å². The molecule has 2 aromatic carbocycles. The summed E-state index contributed by atoms with van der Waals surface area (Å²) in [5.41, 5.74) is 1.48. The average Bonchev–Trinajstić information content (AvgIpc) is 2.81. The Balaban J connectivity index is 2.11. The van der Waals surface area contributed by atoms with Crippen molar-refractivity contribution in [1.82, 2.24) is 10.4 Å². The summed E-state index contributed by atoms with van der Waals surface area (Å²) in [6, 6.07) is 16.7. The van der Waals surface area contributed by atoms with Crippen LogP contribution in [0.15, 0.2) is 72.9 Å². The molecule has 156 valence electrons. The Morgan fingerprint density at radius 3 is 2.37 bits per heavy atom. The van der Waals surface area contributed by atoms with Gasteiger partial charge in [0, 0.05) is 17.8 Å². The lowest BCUT2D eigenvalue weighted by Gasteiger charge is -2.25. The van der Waals surface area contributed by atoms with Gasteiger partial charge < -0.3 is 10.1 Å². The molecule has 0 saturated heterocycles. The van der Waals surface area contributed by atoms with Crippen LogP contribution in [0.2, 0.25) is 0 Å². The first kappa shape index (κ1) is 19.7. The van der Waals surface area contributed by atoms with Gasteiger partial charge in [-0.1, -0.05) is 74.2 Å². The van der Waals surface area contributed by atoms with Crippen LogP contribution < -0.4 is 5.32 Å². The summed E-state index contributed by atoms with van der Waals surface area (Å²) in [6.45, 7) is 3.52. The number of allylic oxidation sites excluding steroid dienone is 1. The maximum absolute atomic E-state index is 13.0. The van der Waals surface area contributed by atoms with Crippen molar-refractivity contribution in [3.05, 3.63) is 84.0 Å². The quantitative estimate of drug-likeness (QED) is 0.557. The number of rotatable bonds is 7. The van der Waals surface area contributed by atoms with E-state index in [2.05, 4.69) is 17.2 Å². The Hall–Kier alpha value is -3.56. The molecule has 0 saturated carbocycles. The summed E-state index contributed by atoms with van der Waals surface area (Å²) in [5.74, 6) is 4.26. The zero-order chi connectivity index (χ0) is 23.5. The smallest absolute Gasteiger partial charge is 0.408 e. The first-order valence-electron chi connectivity index (χ1n) is 10.4. The van der Waals surface area contributed by atoms with Gasteiger partial charge in [0.1, 0.15) is 12.6 Å². The van der Waals surface area contributed by atoms with Crippen molar-refractivity contribution in [3.8, 4) is 11.8 Å². The molecule has 0 aromatic heterocycles. The van der Waals surface area contributed by atoms with Crippen molar-refractivity contribution >= 4 is 12.0 Å². The van der Waals surface area contributed by atoms with Crippen LogP contribution in [0.25, 0.3) is 0 Å². The normalized spacial score (nSPS) is 13.1. The second-order valence-electron chi connectivity index (χ2n) is 6.60. The third kappa shape index (κ3) is 7.46. The van der Waals surface area contributed by atoms with E-state index < -0.39 is 30.3 Å². The van der Waals surface area contributed by atoms with Gasteiger partial charge >= 0.3 is 6.09 Å². The Kier molecular flexibility index (Phi) is 7.96. The second kappa shape index (κ2) is 12.1. The summed E-state index contributed by atoms with van der Waals surface area (Å²) in [7, 11) is 1.20. The number of carbonyl (C=O) groups is 2. The van der Waals surface area contributed by atoms with Gasteiger partial charge in [-0.2, -0.15) is 5.06 Å². The number of alkyl carbamates (subject to hydrolysis) is 1. The zero-order valence-corrected chi connectivity index (χ0v) is 17.2. The molecule has 30 heavy (non-hydrogen) atoms. The van der Waals surface area contributed by atoms with Crippen LogP contribution >= 0.6 is 0 Å². The highest BCUT2D eigenvalue weighted by molar-refractivity contribution is 5.86. The Morgan fingerprint density at radius 2 is 1.77 bits per heavy atom. The van der Waals surface area contributed by atoms with Crippen molar-refractivity contribution in [2.75, 3.05) is 7.11 Å². The third-order valence-electron chi connectivity index (χ3n) is 4.00. The van der Waals surface area contributed by atoms with E-state index in [1.807, 2.05) is 36.4 Å². The van der Waals surface area contributed by atoms with Gasteiger partial charge in [0.25, 0.3) is 5.91 Å². The van der Waals surface area contributed by atoms with E-state index in [9.17, 15) is 9.59 Å². The van der Waals surface area contributed by atoms with Crippen LogP contribution in [0, 0.1) is 17.8 Å². The Bertz CT molecular complexity index is 999. The lowest BCUT2D eigenvalue weighted by molar-refractivity contribution is -0.165. The minimum absolute atomic E-state index is 0.0508. The van der Waals surface area contributed by atoms with E-state index in [-0.39, 0.29) is 12.5 Å². The molecule has 1 N–H and O–H groups in total. The topological polar surface area (TPSA) is 67.9 Å². The predicted molar refractivity (Wildman–Crippen MR) is 115 cm³/mol. The van der Waals surface area contributed by atoms with Crippen molar-refractivity contribution in [3.63, 3.8) is 0 Å². The van der Waals surface area contributed by atoms with E-state index in [0.717, 1.165) is 5.56 Å². The van der Waals surface area contributed by atoms with E-state index in [0.29, 0.717) is 10.6 Å². The molecular formula is C24H26N2O4. The molecule has 0 heterocycles. The standard InChI is InChI=1S/C24H26N2O4/c1-19(2)22(25-24(28)30-18-21-15-8-5-9-16-21)23(27)26(29-3)17-11-10-14-20-12-6-4-7-13-20/h4-9,11-13,15-17,19,22H,18H2,1-3H3,(H,25,28)/b17-11-/t22-/m0/s1/i11D,17D. The van der Waals surface area contributed by atoms with Crippen LogP contribution in [-0.2, 0) is 21.0 Å². The van der Waals surface area contributed by atoms with Crippen molar-refractivity contribution in [2.45, 2.75) is 26.5 Å². The summed E-state index contributed by atoms with van der Waals surface area (Å²) in [6.07, 6.45) is -1.31. The SMILES string of the molecule is [2H]/C(C#Cc1ccccc1)=C(\[2H])N(OC)C(=O)[C@@H](NC(=O)OCc1ccccc1)C(C)C. The Morgan fingerprint density at radius 1 is 1.13 bits per heavy atom. The van der Waals surface area contributed by atoms with Crippen LogP contribution in [0.5, 0.6) is 0 Å². The molecule has 0 bridgehead atoms. The maximum atomic E-state index is 13.0. The summed E-state index contributed by atoms with van der Waals surface area (Å²) in [5, 5.41) is 3.16. The molecule has 6 heteroatoms. The highest BCUT2D eigenvalue weighted by atomic mass is 16.7. The summed E-state index contributed by atoms with van der Waals surface area (Å²) in [4.78, 5) is 30.3. The zero-order valence-electron chi connectivity index (χ0n) is 19.2. The molecule has 2 amide bonds. The molecule has 0 fully saturated rings. The van der Waals surface area contributed by atoms with Gasteiger partial charge in [0.05, 0.1) is 9.85 Å². The first-order chi connectivity index (χ1) is 15.3. The number of hydrogen-bond acceptors (Lipinski definition) is 4. The molecule has 0 radical (unpaired) electrons. The van der Waals surface area contributed by atoms with Crippen molar-refractivity contribution < 1.29 is 21.9 Å². The minimum Gasteiger partial charge on any atom is -0.445 e. The number of amides is 2. The van der Waals surface area contributed by atoms with Gasteiger partial charge in [-0.05, 0) is 23.6 Å². The van der Waals surface area contributed by atoms with Crippen LogP contribution in [0.3, 0.4) is 0 Å². The van der Waals surface area contributed by atoms with E-state index in [1.54, 1.807) is 38.1 Å². The number of hydrogen-bond donors (Lipinski definition) is 1. The molecule has 6 nitrogen and oxygen atoms in total. The third-order valence-corrected chi connectivity index (χ3v) is 4.00. The lowest BCUT2D eigenvalue weighted by Crippen LogP contribution is -2.49. The molecule has 0 spiro atoms. The van der Waals surface area contributed by atoms with Gasteiger partial charge in [-0.25, -0.2) is 4.79 Å². The van der Waals surface area contributed by atoms with Gasteiger partial charge in [0.2, 0.25) is 0 Å². The maximum Gasteiger partial charge on any atom is 0.408 e. The van der Waals surface area contributed by atoms with Gasteiger partial charge in [0.15, 0.2) is 0 Å². The molecule has 0 aliphatic heterocycles. The number of nitrogens with zero attached hydrogens (tertiary/aromatic N) is 1.